The number of pyridine rings is 1. The molecule has 0 bridgehead atoms. The summed E-state index contributed by atoms with van der Waals surface area (Å²) in [6.07, 6.45) is -0.385. The van der Waals surface area contributed by atoms with E-state index in [9.17, 15) is 10.2 Å². The summed E-state index contributed by atoms with van der Waals surface area (Å²) >= 11 is 0. The van der Waals surface area contributed by atoms with Crippen LogP contribution in [0.4, 0.5) is 0 Å². The van der Waals surface area contributed by atoms with Crippen LogP contribution in [0.1, 0.15) is 32.2 Å². The van der Waals surface area contributed by atoms with Crippen molar-refractivity contribution in [2.45, 2.75) is 46.4 Å². The van der Waals surface area contributed by atoms with Crippen molar-refractivity contribution in [1.29, 1.82) is 0 Å². The second-order valence-corrected chi connectivity index (χ2v) is 4.79. The van der Waals surface area contributed by atoms with Gasteiger partial charge in [0.25, 0.3) is 0 Å². The van der Waals surface area contributed by atoms with Gasteiger partial charge in [-0.25, -0.2) is 0 Å². The highest BCUT2D eigenvalue weighted by Crippen LogP contribution is 2.18. The van der Waals surface area contributed by atoms with Gasteiger partial charge in [0.1, 0.15) is 5.75 Å². The maximum Gasteiger partial charge on any atom is 0.138 e. The summed E-state index contributed by atoms with van der Waals surface area (Å²) in [5.74, 6) is 0.215. The standard InChI is InChI=1S/C13H22N2O2/c1-9(2)15(7-11(4)16)8-12-13(17)6-5-10(3)14-12/h5-6,9,11,16-17H,7-8H2,1-4H3. The zero-order chi connectivity index (χ0) is 13.0. The summed E-state index contributed by atoms with van der Waals surface area (Å²) < 4.78 is 0. The summed E-state index contributed by atoms with van der Waals surface area (Å²) in [5.41, 5.74) is 1.55. The fraction of sp³-hybridized carbons (Fsp3) is 0.615. The second-order valence-electron chi connectivity index (χ2n) is 4.79. The maximum atomic E-state index is 9.75. The molecule has 1 aromatic heterocycles. The minimum absolute atomic E-state index is 0.215. The van der Waals surface area contributed by atoms with Crippen LogP contribution in [0, 0.1) is 6.92 Å². The van der Waals surface area contributed by atoms with Crippen molar-refractivity contribution >= 4 is 0 Å². The molecule has 0 amide bonds. The molecule has 4 heteroatoms. The number of nitrogens with zero attached hydrogens (tertiary/aromatic N) is 2. The lowest BCUT2D eigenvalue weighted by atomic mass is 10.2. The number of aromatic hydroxyl groups is 1. The molecule has 1 rings (SSSR count). The molecule has 0 spiro atoms. The van der Waals surface area contributed by atoms with Crippen molar-refractivity contribution in [3.05, 3.63) is 23.5 Å². The first-order valence-electron chi connectivity index (χ1n) is 5.97. The molecule has 0 radical (unpaired) electrons. The number of hydrogen-bond acceptors (Lipinski definition) is 4. The first kappa shape index (κ1) is 13.9. The van der Waals surface area contributed by atoms with Gasteiger partial charge >= 0.3 is 0 Å². The Morgan fingerprint density at radius 2 is 1.94 bits per heavy atom. The van der Waals surface area contributed by atoms with E-state index in [4.69, 9.17) is 0 Å². The molecule has 0 fully saturated rings. The van der Waals surface area contributed by atoms with E-state index in [1.54, 1.807) is 19.1 Å². The Labute approximate surface area is 103 Å². The van der Waals surface area contributed by atoms with E-state index in [-0.39, 0.29) is 11.9 Å². The Kier molecular flexibility index (Phi) is 4.90. The largest absolute Gasteiger partial charge is 0.506 e. The molecule has 1 heterocycles. The quantitative estimate of drug-likeness (QED) is 0.819. The van der Waals surface area contributed by atoms with Gasteiger partial charge in [-0.05, 0) is 39.8 Å². The van der Waals surface area contributed by atoms with Crippen LogP contribution in [0.2, 0.25) is 0 Å². The van der Waals surface area contributed by atoms with E-state index < -0.39 is 0 Å². The van der Waals surface area contributed by atoms with Crippen molar-refractivity contribution in [2.24, 2.45) is 0 Å². The number of aryl methyl sites for hydroxylation is 1. The summed E-state index contributed by atoms with van der Waals surface area (Å²) in [6.45, 7) is 8.92. The third-order valence-corrected chi connectivity index (χ3v) is 2.67. The minimum atomic E-state index is -0.385. The average molecular weight is 238 g/mol. The van der Waals surface area contributed by atoms with Gasteiger partial charge in [0.05, 0.1) is 11.8 Å². The van der Waals surface area contributed by atoms with Gasteiger partial charge in [-0.3, -0.25) is 9.88 Å². The maximum absolute atomic E-state index is 9.75. The van der Waals surface area contributed by atoms with Gasteiger partial charge in [0.15, 0.2) is 0 Å². The van der Waals surface area contributed by atoms with Crippen molar-refractivity contribution in [3.63, 3.8) is 0 Å². The van der Waals surface area contributed by atoms with Crippen LogP contribution in [0.5, 0.6) is 5.75 Å². The molecule has 96 valence electrons. The molecule has 0 saturated carbocycles. The smallest absolute Gasteiger partial charge is 0.138 e. The molecule has 0 saturated heterocycles. The highest BCUT2D eigenvalue weighted by Gasteiger charge is 2.15. The lowest BCUT2D eigenvalue weighted by Crippen LogP contribution is -2.36. The molecular formula is C13H22N2O2. The highest BCUT2D eigenvalue weighted by molar-refractivity contribution is 5.27. The number of rotatable bonds is 5. The fourth-order valence-electron chi connectivity index (χ4n) is 1.71. The first-order chi connectivity index (χ1) is 7.90. The zero-order valence-electron chi connectivity index (χ0n) is 11.0. The SMILES string of the molecule is Cc1ccc(O)c(CN(CC(C)O)C(C)C)n1. The minimum Gasteiger partial charge on any atom is -0.506 e. The molecule has 17 heavy (non-hydrogen) atoms. The molecule has 4 nitrogen and oxygen atoms in total. The van der Waals surface area contributed by atoms with Crippen LogP contribution in [0.3, 0.4) is 0 Å². The molecular weight excluding hydrogens is 216 g/mol. The van der Waals surface area contributed by atoms with Crippen LogP contribution in [0.25, 0.3) is 0 Å². The average Bonchev–Trinajstić information content (AvgIpc) is 2.21. The van der Waals surface area contributed by atoms with Crippen LogP contribution in [-0.4, -0.2) is 38.8 Å². The molecule has 0 aromatic carbocycles. The Bertz CT molecular complexity index is 364. The van der Waals surface area contributed by atoms with Gasteiger partial charge in [0.2, 0.25) is 0 Å². The van der Waals surface area contributed by atoms with E-state index in [0.717, 1.165) is 5.69 Å². The zero-order valence-corrected chi connectivity index (χ0v) is 11.0. The highest BCUT2D eigenvalue weighted by atomic mass is 16.3. The number of hydrogen-bond donors (Lipinski definition) is 2. The van der Waals surface area contributed by atoms with E-state index in [1.165, 1.54) is 0 Å². The monoisotopic (exact) mass is 238 g/mol. The second kappa shape index (κ2) is 5.98. The Morgan fingerprint density at radius 3 is 2.47 bits per heavy atom. The lowest BCUT2D eigenvalue weighted by Gasteiger charge is -2.27. The molecule has 2 N–H and O–H groups in total. The summed E-state index contributed by atoms with van der Waals surface area (Å²) in [7, 11) is 0. The van der Waals surface area contributed by atoms with Crippen molar-refractivity contribution < 1.29 is 10.2 Å². The van der Waals surface area contributed by atoms with Crippen LogP contribution < -0.4 is 0 Å². The summed E-state index contributed by atoms with van der Waals surface area (Å²) in [4.78, 5) is 6.42. The van der Waals surface area contributed by atoms with Crippen LogP contribution in [0.15, 0.2) is 12.1 Å². The molecule has 1 aromatic rings. The summed E-state index contributed by atoms with van der Waals surface area (Å²) in [6, 6.07) is 3.75. The van der Waals surface area contributed by atoms with E-state index in [2.05, 4.69) is 23.7 Å². The third kappa shape index (κ3) is 4.32. The van der Waals surface area contributed by atoms with Crippen molar-refractivity contribution in [2.75, 3.05) is 6.54 Å². The van der Waals surface area contributed by atoms with E-state index >= 15 is 0 Å². The predicted octanol–water partition coefficient (Wildman–Crippen LogP) is 1.69. The molecule has 0 aliphatic heterocycles. The van der Waals surface area contributed by atoms with E-state index in [0.29, 0.717) is 24.8 Å². The van der Waals surface area contributed by atoms with Crippen molar-refractivity contribution in [3.8, 4) is 5.75 Å². The normalized spacial score (nSPS) is 13.4. The first-order valence-corrected chi connectivity index (χ1v) is 5.97. The van der Waals surface area contributed by atoms with E-state index in [1.807, 2.05) is 6.92 Å². The molecule has 1 unspecified atom stereocenters. The molecule has 0 aliphatic rings. The number of aromatic nitrogens is 1. The van der Waals surface area contributed by atoms with Gasteiger partial charge in [-0.2, -0.15) is 0 Å². The molecule has 1 atom stereocenters. The third-order valence-electron chi connectivity index (χ3n) is 2.67. The number of aliphatic hydroxyl groups excluding tert-OH is 1. The Hall–Kier alpha value is -1.13. The number of aliphatic hydroxyl groups is 1. The lowest BCUT2D eigenvalue weighted by molar-refractivity contribution is 0.101. The summed E-state index contributed by atoms with van der Waals surface area (Å²) in [5, 5.41) is 19.2. The predicted molar refractivity (Wildman–Crippen MR) is 67.9 cm³/mol. The van der Waals surface area contributed by atoms with Gasteiger partial charge < -0.3 is 10.2 Å². The fourth-order valence-corrected chi connectivity index (χ4v) is 1.71. The van der Waals surface area contributed by atoms with Gasteiger partial charge in [-0.15, -0.1) is 0 Å². The Morgan fingerprint density at radius 1 is 1.29 bits per heavy atom. The van der Waals surface area contributed by atoms with Crippen LogP contribution in [-0.2, 0) is 6.54 Å². The topological polar surface area (TPSA) is 56.6 Å². The van der Waals surface area contributed by atoms with Crippen LogP contribution >= 0.6 is 0 Å². The Balaban J connectivity index is 2.81. The van der Waals surface area contributed by atoms with Crippen molar-refractivity contribution in [1.82, 2.24) is 9.88 Å². The van der Waals surface area contributed by atoms with Gasteiger partial charge in [-0.1, -0.05) is 0 Å². The molecule has 0 aliphatic carbocycles. The van der Waals surface area contributed by atoms with Gasteiger partial charge in [0, 0.05) is 24.8 Å².